The highest BCUT2D eigenvalue weighted by Crippen LogP contribution is 2.31. The molecule has 0 spiro atoms. The monoisotopic (exact) mass is 478 g/mol. The van der Waals surface area contributed by atoms with Gasteiger partial charge >= 0.3 is 6.09 Å². The summed E-state index contributed by atoms with van der Waals surface area (Å²) in [6, 6.07) is 31.7. The van der Waals surface area contributed by atoms with Gasteiger partial charge in [0.15, 0.2) is 0 Å². The van der Waals surface area contributed by atoms with Gasteiger partial charge < -0.3 is 24.9 Å². The van der Waals surface area contributed by atoms with Crippen LogP contribution < -0.4 is 14.8 Å². The van der Waals surface area contributed by atoms with Crippen molar-refractivity contribution in [1.29, 1.82) is 0 Å². The first-order valence-corrected chi connectivity index (χ1v) is 11.8. The van der Waals surface area contributed by atoms with E-state index in [2.05, 4.69) is 22.4 Å². The molecule has 0 unspecified atom stereocenters. The van der Waals surface area contributed by atoms with Crippen molar-refractivity contribution in [3.05, 3.63) is 120 Å². The normalized spacial score (nSPS) is 10.8. The lowest BCUT2D eigenvalue weighted by Crippen LogP contribution is -2.23. The molecule has 0 atom stereocenters. The number of aromatic nitrogens is 1. The molecule has 0 fully saturated rings. The van der Waals surface area contributed by atoms with E-state index in [0.29, 0.717) is 19.4 Å². The smallest absolute Gasteiger partial charge is 0.404 e. The fourth-order valence-electron chi connectivity index (χ4n) is 4.17. The van der Waals surface area contributed by atoms with Gasteiger partial charge in [-0.1, -0.05) is 48.5 Å². The van der Waals surface area contributed by atoms with E-state index in [1.807, 2.05) is 91.1 Å². The Morgan fingerprint density at radius 3 is 2.42 bits per heavy atom. The largest absolute Gasteiger partial charge is 0.465 e. The number of carboxylic acid groups (broad SMARTS) is 1. The van der Waals surface area contributed by atoms with Gasteiger partial charge in [0.2, 0.25) is 0 Å². The summed E-state index contributed by atoms with van der Waals surface area (Å²) in [6.45, 7) is 0.350. The molecular weight excluding hydrogens is 452 g/mol. The molecule has 0 saturated heterocycles. The van der Waals surface area contributed by atoms with Gasteiger partial charge in [0.25, 0.3) is 0 Å². The zero-order chi connectivity index (χ0) is 24.7. The van der Waals surface area contributed by atoms with Crippen LogP contribution in [0.3, 0.4) is 0 Å². The number of nitrogens with one attached hydrogen (secondary N) is 2. The molecule has 1 aromatic heterocycles. The third kappa shape index (κ3) is 5.67. The van der Waals surface area contributed by atoms with Crippen LogP contribution >= 0.6 is 0 Å². The predicted molar refractivity (Wildman–Crippen MR) is 140 cm³/mol. The van der Waals surface area contributed by atoms with E-state index < -0.39 is 6.09 Å². The Kier molecular flexibility index (Phi) is 6.85. The summed E-state index contributed by atoms with van der Waals surface area (Å²) in [5.74, 6) is 3.11. The first-order valence-electron chi connectivity index (χ1n) is 11.8. The maximum atomic E-state index is 10.8. The zero-order valence-electron chi connectivity index (χ0n) is 19.6. The lowest BCUT2D eigenvalue weighted by molar-refractivity contribution is 0.194. The van der Waals surface area contributed by atoms with Gasteiger partial charge in [-0.3, -0.25) is 0 Å². The first-order chi connectivity index (χ1) is 17.6. The Balaban J connectivity index is 1.33. The van der Waals surface area contributed by atoms with Crippen LogP contribution in [0.25, 0.3) is 10.9 Å². The molecular formula is C30H26N2O4. The second kappa shape index (κ2) is 10.7. The summed E-state index contributed by atoms with van der Waals surface area (Å²) in [7, 11) is 0. The third-order valence-corrected chi connectivity index (χ3v) is 5.88. The van der Waals surface area contributed by atoms with Crippen molar-refractivity contribution in [3.63, 3.8) is 0 Å². The first kappa shape index (κ1) is 23.1. The van der Waals surface area contributed by atoms with E-state index >= 15 is 0 Å². The van der Waals surface area contributed by atoms with Crippen molar-refractivity contribution in [2.45, 2.75) is 12.8 Å². The highest BCUT2D eigenvalue weighted by atomic mass is 16.5. The van der Waals surface area contributed by atoms with Crippen LogP contribution in [0.15, 0.2) is 103 Å². The van der Waals surface area contributed by atoms with Crippen LogP contribution in [0.5, 0.6) is 23.0 Å². The maximum absolute atomic E-state index is 10.8. The fourth-order valence-corrected chi connectivity index (χ4v) is 4.17. The minimum atomic E-state index is -1.02. The molecule has 6 heteroatoms. The van der Waals surface area contributed by atoms with Crippen LogP contribution in [0.4, 0.5) is 4.79 Å². The molecule has 5 rings (SSSR count). The van der Waals surface area contributed by atoms with Gasteiger partial charge in [-0.2, -0.15) is 0 Å². The van der Waals surface area contributed by atoms with E-state index in [1.165, 1.54) is 0 Å². The number of benzene rings is 4. The summed E-state index contributed by atoms with van der Waals surface area (Å²) in [4.78, 5) is 14.0. The molecule has 6 nitrogen and oxygen atoms in total. The molecule has 0 radical (unpaired) electrons. The van der Waals surface area contributed by atoms with E-state index in [0.717, 1.165) is 50.6 Å². The van der Waals surface area contributed by atoms with Gasteiger partial charge in [-0.05, 0) is 71.6 Å². The number of aromatic amines is 1. The van der Waals surface area contributed by atoms with Gasteiger partial charge in [-0.15, -0.1) is 0 Å². The molecule has 0 aliphatic heterocycles. The van der Waals surface area contributed by atoms with Crippen molar-refractivity contribution >= 4 is 17.0 Å². The van der Waals surface area contributed by atoms with E-state index in [9.17, 15) is 4.79 Å². The number of hydrogen-bond acceptors (Lipinski definition) is 3. The molecule has 5 aromatic rings. The maximum Gasteiger partial charge on any atom is 0.404 e. The lowest BCUT2D eigenvalue weighted by atomic mass is 10.0. The van der Waals surface area contributed by atoms with Crippen molar-refractivity contribution < 1.29 is 19.4 Å². The summed E-state index contributed by atoms with van der Waals surface area (Å²) >= 11 is 0. The van der Waals surface area contributed by atoms with Gasteiger partial charge in [0.05, 0.1) is 0 Å². The Morgan fingerprint density at radius 2 is 1.56 bits per heavy atom. The van der Waals surface area contributed by atoms with Crippen LogP contribution in [-0.4, -0.2) is 22.7 Å². The molecule has 0 saturated carbocycles. The minimum absolute atomic E-state index is 0.350. The highest BCUT2D eigenvalue weighted by Gasteiger charge is 2.10. The topological polar surface area (TPSA) is 83.6 Å². The van der Waals surface area contributed by atoms with E-state index in [1.54, 1.807) is 0 Å². The van der Waals surface area contributed by atoms with Crippen LogP contribution in [0.2, 0.25) is 0 Å². The number of rotatable bonds is 9. The van der Waals surface area contributed by atoms with E-state index in [4.69, 9.17) is 14.6 Å². The Labute approximate surface area is 209 Å². The van der Waals surface area contributed by atoms with Crippen LogP contribution in [0, 0.1) is 0 Å². The molecule has 0 aliphatic rings. The molecule has 36 heavy (non-hydrogen) atoms. The predicted octanol–water partition coefficient (Wildman–Crippen LogP) is 7.15. The number of H-pyrrole nitrogens is 1. The van der Waals surface area contributed by atoms with Gasteiger partial charge in [0, 0.05) is 30.1 Å². The molecule has 1 heterocycles. The van der Waals surface area contributed by atoms with Crippen molar-refractivity contribution in [3.8, 4) is 23.0 Å². The minimum Gasteiger partial charge on any atom is -0.465 e. The Hall–Kier alpha value is -4.71. The van der Waals surface area contributed by atoms with Gasteiger partial charge in [0.1, 0.15) is 23.0 Å². The summed E-state index contributed by atoms with van der Waals surface area (Å²) in [5, 5.41) is 12.3. The van der Waals surface area contributed by atoms with Crippen LogP contribution in [-0.2, 0) is 12.8 Å². The summed E-state index contributed by atoms with van der Waals surface area (Å²) in [5.41, 5.74) is 4.20. The van der Waals surface area contributed by atoms with Gasteiger partial charge in [-0.25, -0.2) is 4.79 Å². The SMILES string of the molecule is O=C(O)NCCc1c[nH]c2ccc(Oc3ccccc3Cc3cccc(Oc4ccccc4)c3)cc12. The zero-order valence-corrected chi connectivity index (χ0v) is 19.6. The average molecular weight is 479 g/mol. The number of hydrogen-bond donors (Lipinski definition) is 3. The fraction of sp³-hybridized carbons (Fsp3) is 0.100. The van der Waals surface area contributed by atoms with Crippen molar-refractivity contribution in [2.75, 3.05) is 6.54 Å². The number of carbonyl (C=O) groups is 1. The number of ether oxygens (including phenoxy) is 2. The molecule has 4 aromatic carbocycles. The Morgan fingerprint density at radius 1 is 0.778 bits per heavy atom. The highest BCUT2D eigenvalue weighted by molar-refractivity contribution is 5.84. The van der Waals surface area contributed by atoms with E-state index in [-0.39, 0.29) is 0 Å². The molecule has 0 aliphatic carbocycles. The number of fused-ring (bicyclic) bond motifs is 1. The second-order valence-electron chi connectivity index (χ2n) is 8.45. The number of para-hydroxylation sites is 2. The average Bonchev–Trinajstić information content (AvgIpc) is 3.28. The third-order valence-electron chi connectivity index (χ3n) is 5.88. The van der Waals surface area contributed by atoms with Crippen molar-refractivity contribution in [1.82, 2.24) is 10.3 Å². The second-order valence-corrected chi connectivity index (χ2v) is 8.45. The standard InChI is InChI=1S/C30H26N2O4/c33-30(34)31-16-15-23-20-32-28-14-13-26(19-27(23)28)36-29-12-5-4-8-22(29)17-21-7-6-11-25(18-21)35-24-9-2-1-3-10-24/h1-14,18-20,31-32H,15-17H2,(H,33,34). The molecule has 0 bridgehead atoms. The summed E-state index contributed by atoms with van der Waals surface area (Å²) < 4.78 is 12.3. The molecule has 3 N–H and O–H groups in total. The Bertz CT molecular complexity index is 1480. The molecule has 180 valence electrons. The lowest BCUT2D eigenvalue weighted by Gasteiger charge is -2.13. The van der Waals surface area contributed by atoms with Crippen LogP contribution in [0.1, 0.15) is 16.7 Å². The van der Waals surface area contributed by atoms with Crippen molar-refractivity contribution in [2.24, 2.45) is 0 Å². The number of amides is 1. The summed E-state index contributed by atoms with van der Waals surface area (Å²) in [6.07, 6.45) is 2.18. The quantitative estimate of drug-likeness (QED) is 0.210. The molecule has 1 amide bonds.